The second-order valence-corrected chi connectivity index (χ2v) is 4.35. The van der Waals surface area contributed by atoms with Crippen molar-refractivity contribution in [3.05, 3.63) is 17.5 Å². The van der Waals surface area contributed by atoms with Crippen molar-refractivity contribution in [1.82, 2.24) is 9.97 Å². The SMILES string of the molecule is C[C@@H]1CN(c2nccnc2Cl)C[C@@H]1CO. The zero-order valence-electron chi connectivity index (χ0n) is 8.60. The van der Waals surface area contributed by atoms with Crippen molar-refractivity contribution in [2.75, 3.05) is 24.6 Å². The molecular formula is C10H14ClN3O. The highest BCUT2D eigenvalue weighted by atomic mass is 35.5. The summed E-state index contributed by atoms with van der Waals surface area (Å²) < 4.78 is 0. The summed E-state index contributed by atoms with van der Waals surface area (Å²) in [5, 5.41) is 9.61. The van der Waals surface area contributed by atoms with Gasteiger partial charge in [-0.15, -0.1) is 0 Å². The number of rotatable bonds is 2. The Labute approximate surface area is 93.9 Å². The van der Waals surface area contributed by atoms with E-state index in [4.69, 9.17) is 11.6 Å². The fourth-order valence-corrected chi connectivity index (χ4v) is 2.20. The number of aliphatic hydroxyl groups excluding tert-OH is 1. The lowest BCUT2D eigenvalue weighted by molar-refractivity contribution is 0.212. The second-order valence-electron chi connectivity index (χ2n) is 4.00. The molecule has 1 aromatic rings. The molecular weight excluding hydrogens is 214 g/mol. The highest BCUT2D eigenvalue weighted by molar-refractivity contribution is 6.31. The molecule has 0 amide bonds. The molecule has 0 spiro atoms. The fourth-order valence-electron chi connectivity index (χ4n) is 1.97. The standard InChI is InChI=1S/C10H14ClN3O/c1-7-4-14(5-8(7)6-15)10-9(11)12-2-3-13-10/h2-3,7-8,15H,4-6H2,1H3/t7-,8-/m1/s1. The van der Waals surface area contributed by atoms with E-state index in [1.54, 1.807) is 12.4 Å². The van der Waals surface area contributed by atoms with Crippen molar-refractivity contribution in [3.8, 4) is 0 Å². The molecule has 1 aromatic heterocycles. The maximum absolute atomic E-state index is 9.17. The smallest absolute Gasteiger partial charge is 0.171 e. The zero-order chi connectivity index (χ0) is 10.8. The Morgan fingerprint density at radius 2 is 2.20 bits per heavy atom. The van der Waals surface area contributed by atoms with Crippen molar-refractivity contribution in [2.45, 2.75) is 6.92 Å². The number of halogens is 1. The molecule has 2 rings (SSSR count). The van der Waals surface area contributed by atoms with Crippen LogP contribution in [-0.2, 0) is 0 Å². The summed E-state index contributed by atoms with van der Waals surface area (Å²) in [5.41, 5.74) is 0. The van der Waals surface area contributed by atoms with Crippen LogP contribution in [0.2, 0.25) is 5.15 Å². The van der Waals surface area contributed by atoms with Gasteiger partial charge in [0.1, 0.15) is 0 Å². The summed E-state index contributed by atoms with van der Waals surface area (Å²) >= 11 is 5.97. The lowest BCUT2D eigenvalue weighted by Crippen LogP contribution is -2.22. The molecule has 15 heavy (non-hydrogen) atoms. The largest absolute Gasteiger partial charge is 0.396 e. The molecule has 82 valence electrons. The van der Waals surface area contributed by atoms with Gasteiger partial charge in [-0.2, -0.15) is 0 Å². The minimum absolute atomic E-state index is 0.218. The Kier molecular flexibility index (Phi) is 3.07. The fraction of sp³-hybridized carbons (Fsp3) is 0.600. The van der Waals surface area contributed by atoms with E-state index in [1.807, 2.05) is 0 Å². The summed E-state index contributed by atoms with van der Waals surface area (Å²) in [6.07, 6.45) is 3.22. The Morgan fingerprint density at radius 3 is 2.80 bits per heavy atom. The minimum Gasteiger partial charge on any atom is -0.396 e. The van der Waals surface area contributed by atoms with Gasteiger partial charge in [0.2, 0.25) is 0 Å². The van der Waals surface area contributed by atoms with Gasteiger partial charge >= 0.3 is 0 Å². The third-order valence-electron chi connectivity index (χ3n) is 2.94. The Hall–Kier alpha value is -0.870. The first-order valence-electron chi connectivity index (χ1n) is 5.04. The van der Waals surface area contributed by atoms with Gasteiger partial charge in [0.05, 0.1) is 0 Å². The molecule has 1 aliphatic rings. The van der Waals surface area contributed by atoms with E-state index in [1.165, 1.54) is 0 Å². The van der Waals surface area contributed by atoms with Crippen molar-refractivity contribution >= 4 is 17.4 Å². The van der Waals surface area contributed by atoms with Crippen molar-refractivity contribution in [3.63, 3.8) is 0 Å². The van der Waals surface area contributed by atoms with Crippen LogP contribution >= 0.6 is 11.6 Å². The molecule has 0 aromatic carbocycles. The van der Waals surface area contributed by atoms with E-state index in [0.29, 0.717) is 17.0 Å². The van der Waals surface area contributed by atoms with Gasteiger partial charge in [0.25, 0.3) is 0 Å². The molecule has 1 fully saturated rings. The third-order valence-corrected chi connectivity index (χ3v) is 3.20. The summed E-state index contributed by atoms with van der Waals surface area (Å²) in [6.45, 7) is 4.03. The van der Waals surface area contributed by atoms with Crippen molar-refractivity contribution in [1.29, 1.82) is 0 Å². The second kappa shape index (κ2) is 4.33. The quantitative estimate of drug-likeness (QED) is 0.825. The minimum atomic E-state index is 0.218. The number of hydrogen-bond donors (Lipinski definition) is 1. The Morgan fingerprint density at radius 1 is 1.47 bits per heavy atom. The maximum Gasteiger partial charge on any atom is 0.171 e. The Balaban J connectivity index is 2.17. The van der Waals surface area contributed by atoms with Crippen LogP contribution in [0.4, 0.5) is 5.82 Å². The van der Waals surface area contributed by atoms with E-state index in [0.717, 1.165) is 18.9 Å². The van der Waals surface area contributed by atoms with Crippen LogP contribution in [-0.4, -0.2) is 34.8 Å². The van der Waals surface area contributed by atoms with E-state index in [-0.39, 0.29) is 6.61 Å². The number of anilines is 1. The number of hydrogen-bond acceptors (Lipinski definition) is 4. The van der Waals surface area contributed by atoms with Gasteiger partial charge in [-0.25, -0.2) is 9.97 Å². The molecule has 0 bridgehead atoms. The molecule has 0 radical (unpaired) electrons. The molecule has 2 atom stereocenters. The highest BCUT2D eigenvalue weighted by Crippen LogP contribution is 2.29. The van der Waals surface area contributed by atoms with E-state index in [2.05, 4.69) is 21.8 Å². The van der Waals surface area contributed by atoms with Gasteiger partial charge in [-0.3, -0.25) is 0 Å². The molecule has 4 nitrogen and oxygen atoms in total. The van der Waals surface area contributed by atoms with Crippen molar-refractivity contribution in [2.24, 2.45) is 11.8 Å². The molecule has 0 unspecified atom stereocenters. The van der Waals surface area contributed by atoms with Gasteiger partial charge in [-0.05, 0) is 5.92 Å². The molecule has 5 heteroatoms. The first-order chi connectivity index (χ1) is 7.22. The van der Waals surface area contributed by atoms with Crippen LogP contribution in [0.3, 0.4) is 0 Å². The highest BCUT2D eigenvalue weighted by Gasteiger charge is 2.30. The van der Waals surface area contributed by atoms with Gasteiger partial charge in [0, 0.05) is 38.0 Å². The number of nitrogens with zero attached hydrogens (tertiary/aromatic N) is 3. The lowest BCUT2D eigenvalue weighted by atomic mass is 10.00. The first kappa shape index (κ1) is 10.6. The monoisotopic (exact) mass is 227 g/mol. The van der Waals surface area contributed by atoms with Gasteiger partial charge in [-0.1, -0.05) is 18.5 Å². The first-order valence-corrected chi connectivity index (χ1v) is 5.42. The predicted molar refractivity (Wildman–Crippen MR) is 59.0 cm³/mol. The molecule has 1 N–H and O–H groups in total. The topological polar surface area (TPSA) is 49.2 Å². The van der Waals surface area contributed by atoms with Crippen LogP contribution in [0.15, 0.2) is 12.4 Å². The normalized spacial score (nSPS) is 25.9. The number of aromatic nitrogens is 2. The zero-order valence-corrected chi connectivity index (χ0v) is 9.35. The van der Waals surface area contributed by atoms with Crippen molar-refractivity contribution < 1.29 is 5.11 Å². The summed E-state index contributed by atoms with van der Waals surface area (Å²) in [5.74, 6) is 1.50. The van der Waals surface area contributed by atoms with Gasteiger partial charge in [0.15, 0.2) is 11.0 Å². The van der Waals surface area contributed by atoms with Crippen LogP contribution < -0.4 is 4.90 Å². The number of aliphatic hydroxyl groups is 1. The summed E-state index contributed by atoms with van der Waals surface area (Å²) in [6, 6.07) is 0. The Bertz CT molecular complexity index is 347. The van der Waals surface area contributed by atoms with Crippen LogP contribution in [0.5, 0.6) is 0 Å². The molecule has 1 saturated heterocycles. The van der Waals surface area contributed by atoms with E-state index in [9.17, 15) is 5.11 Å². The molecule has 0 saturated carbocycles. The van der Waals surface area contributed by atoms with E-state index < -0.39 is 0 Å². The average molecular weight is 228 g/mol. The average Bonchev–Trinajstić information content (AvgIpc) is 2.60. The lowest BCUT2D eigenvalue weighted by Gasteiger charge is -2.17. The van der Waals surface area contributed by atoms with Crippen LogP contribution in [0.25, 0.3) is 0 Å². The van der Waals surface area contributed by atoms with Crippen LogP contribution in [0.1, 0.15) is 6.92 Å². The molecule has 0 aliphatic carbocycles. The van der Waals surface area contributed by atoms with Crippen LogP contribution in [0, 0.1) is 11.8 Å². The summed E-state index contributed by atoms with van der Waals surface area (Å²) in [7, 11) is 0. The van der Waals surface area contributed by atoms with E-state index >= 15 is 0 Å². The third kappa shape index (κ3) is 2.06. The molecule has 2 heterocycles. The maximum atomic E-state index is 9.17. The molecule has 1 aliphatic heterocycles. The summed E-state index contributed by atoms with van der Waals surface area (Å²) in [4.78, 5) is 10.3. The van der Waals surface area contributed by atoms with Gasteiger partial charge < -0.3 is 10.0 Å². The predicted octanol–water partition coefficient (Wildman–Crippen LogP) is 1.19.